The van der Waals surface area contributed by atoms with Gasteiger partial charge >= 0.3 is 12.2 Å². The Hall–Kier alpha value is -1.61. The quantitative estimate of drug-likeness (QED) is 0.778. The Labute approximate surface area is 123 Å². The number of urea groups is 1. The molecular formula is C12H16F3N3O2S. The van der Waals surface area contributed by atoms with Crippen LogP contribution in [0.4, 0.5) is 18.0 Å². The van der Waals surface area contributed by atoms with Crippen LogP contribution >= 0.6 is 11.3 Å². The number of alkyl halides is 3. The number of hydrogen-bond acceptors (Lipinski definition) is 4. The highest BCUT2D eigenvalue weighted by molar-refractivity contribution is 7.10. The van der Waals surface area contributed by atoms with Crippen LogP contribution in [-0.4, -0.2) is 30.7 Å². The van der Waals surface area contributed by atoms with Crippen LogP contribution < -0.4 is 16.0 Å². The molecule has 1 heterocycles. The van der Waals surface area contributed by atoms with Gasteiger partial charge in [0.1, 0.15) is 6.54 Å². The van der Waals surface area contributed by atoms with Crippen molar-refractivity contribution < 1.29 is 22.8 Å². The van der Waals surface area contributed by atoms with Gasteiger partial charge in [-0.15, -0.1) is 11.3 Å². The van der Waals surface area contributed by atoms with E-state index in [1.807, 2.05) is 29.8 Å². The number of carbonyl (C=O) groups is 2. The van der Waals surface area contributed by atoms with Crippen LogP contribution in [0, 0.1) is 0 Å². The molecule has 0 aromatic carbocycles. The van der Waals surface area contributed by atoms with Gasteiger partial charge in [0.05, 0.1) is 6.04 Å². The molecule has 21 heavy (non-hydrogen) atoms. The van der Waals surface area contributed by atoms with Crippen molar-refractivity contribution in [1.82, 2.24) is 16.0 Å². The van der Waals surface area contributed by atoms with E-state index in [2.05, 4.69) is 5.32 Å². The van der Waals surface area contributed by atoms with Gasteiger partial charge in [-0.1, -0.05) is 6.07 Å². The summed E-state index contributed by atoms with van der Waals surface area (Å²) in [6.07, 6.45) is -4.52. The number of imide groups is 1. The summed E-state index contributed by atoms with van der Waals surface area (Å²) in [7, 11) is 0. The highest BCUT2D eigenvalue weighted by Crippen LogP contribution is 2.18. The van der Waals surface area contributed by atoms with Crippen LogP contribution in [0.5, 0.6) is 0 Å². The third-order valence-electron chi connectivity index (χ3n) is 2.55. The second kappa shape index (κ2) is 7.41. The van der Waals surface area contributed by atoms with E-state index in [4.69, 9.17) is 0 Å². The maximum atomic E-state index is 11.9. The monoisotopic (exact) mass is 323 g/mol. The average molecular weight is 323 g/mol. The van der Waals surface area contributed by atoms with E-state index in [1.165, 1.54) is 18.3 Å². The van der Waals surface area contributed by atoms with Crippen molar-refractivity contribution in [3.63, 3.8) is 0 Å². The Balaban J connectivity index is 2.39. The van der Waals surface area contributed by atoms with Gasteiger partial charge in [0.15, 0.2) is 0 Å². The number of thiophene rings is 1. The summed E-state index contributed by atoms with van der Waals surface area (Å²) < 4.78 is 35.7. The number of rotatable bonds is 5. The summed E-state index contributed by atoms with van der Waals surface area (Å²) in [6.45, 7) is 1.88. The minimum absolute atomic E-state index is 0.107. The fourth-order valence-corrected chi connectivity index (χ4v) is 2.26. The molecule has 0 bridgehead atoms. The number of amides is 3. The van der Waals surface area contributed by atoms with E-state index in [0.29, 0.717) is 0 Å². The first-order valence-corrected chi connectivity index (χ1v) is 7.02. The molecule has 1 aromatic heterocycles. The molecule has 0 radical (unpaired) electrons. The lowest BCUT2D eigenvalue weighted by molar-refractivity contribution is -0.125. The number of carbonyl (C=O) groups excluding carboxylic acids is 2. The molecule has 3 amide bonds. The van der Waals surface area contributed by atoms with E-state index in [9.17, 15) is 22.8 Å². The van der Waals surface area contributed by atoms with Gasteiger partial charge in [-0.3, -0.25) is 15.4 Å². The topological polar surface area (TPSA) is 70.2 Å². The van der Waals surface area contributed by atoms with E-state index in [1.54, 1.807) is 5.32 Å². The van der Waals surface area contributed by atoms with E-state index < -0.39 is 30.7 Å². The largest absolute Gasteiger partial charge is 0.405 e. The van der Waals surface area contributed by atoms with Crippen LogP contribution in [0.25, 0.3) is 0 Å². The van der Waals surface area contributed by atoms with Crippen molar-refractivity contribution in [2.75, 3.05) is 6.54 Å². The first-order valence-electron chi connectivity index (χ1n) is 6.14. The minimum atomic E-state index is -4.52. The van der Waals surface area contributed by atoms with Gasteiger partial charge in [-0.05, 0) is 25.3 Å². The van der Waals surface area contributed by atoms with Crippen molar-refractivity contribution in [2.45, 2.75) is 32.1 Å². The first-order chi connectivity index (χ1) is 9.69. The Morgan fingerprint density at radius 1 is 1.33 bits per heavy atom. The number of halogens is 3. The molecule has 9 heteroatoms. The summed E-state index contributed by atoms with van der Waals surface area (Å²) in [5.41, 5.74) is 0. The predicted octanol–water partition coefficient (Wildman–Crippen LogP) is 2.18. The second-order valence-corrected chi connectivity index (χ2v) is 5.39. The fourth-order valence-electron chi connectivity index (χ4n) is 1.52. The van der Waals surface area contributed by atoms with Crippen LogP contribution in [0.1, 0.15) is 24.8 Å². The first kappa shape index (κ1) is 17.4. The normalized spacial score (nSPS) is 14.3. The summed E-state index contributed by atoms with van der Waals surface area (Å²) in [5.74, 6) is -0.696. The summed E-state index contributed by atoms with van der Waals surface area (Å²) in [5, 5.41) is 8.27. The van der Waals surface area contributed by atoms with Crippen LogP contribution in [0.2, 0.25) is 0 Å². The molecule has 3 N–H and O–H groups in total. The van der Waals surface area contributed by atoms with Crippen LogP contribution in [0.3, 0.4) is 0 Å². The molecule has 2 atom stereocenters. The van der Waals surface area contributed by atoms with Crippen molar-refractivity contribution in [2.24, 2.45) is 0 Å². The van der Waals surface area contributed by atoms with Crippen molar-refractivity contribution in [3.05, 3.63) is 22.4 Å². The molecule has 118 valence electrons. The Bertz CT molecular complexity index is 477. The highest BCUT2D eigenvalue weighted by Gasteiger charge is 2.28. The van der Waals surface area contributed by atoms with E-state index >= 15 is 0 Å². The lowest BCUT2D eigenvalue weighted by atomic mass is 10.2. The molecule has 5 nitrogen and oxygen atoms in total. The van der Waals surface area contributed by atoms with Gasteiger partial charge in [0.2, 0.25) is 5.91 Å². The summed E-state index contributed by atoms with van der Waals surface area (Å²) >= 11 is 1.51. The molecule has 0 aliphatic heterocycles. The van der Waals surface area contributed by atoms with Crippen molar-refractivity contribution in [3.8, 4) is 0 Å². The Morgan fingerprint density at radius 3 is 2.52 bits per heavy atom. The molecule has 0 unspecified atom stereocenters. The van der Waals surface area contributed by atoms with E-state index in [0.717, 1.165) is 4.88 Å². The molecular weight excluding hydrogens is 307 g/mol. The minimum Gasteiger partial charge on any atom is -0.329 e. The highest BCUT2D eigenvalue weighted by atomic mass is 32.1. The average Bonchev–Trinajstić information content (AvgIpc) is 2.89. The standard InChI is InChI=1S/C12H16F3N3O2S/c1-7(9-4-3-5-21-9)17-8(2)10(19)18-11(20)16-6-12(13,14)15/h3-5,7-8,17H,6H2,1-2H3,(H2,16,18,19,20)/t7-,8+/m0/s1. The fraction of sp³-hybridized carbons (Fsp3) is 0.500. The molecule has 0 fully saturated rings. The predicted molar refractivity (Wildman–Crippen MR) is 72.9 cm³/mol. The molecule has 1 aromatic rings. The molecule has 0 spiro atoms. The van der Waals surface area contributed by atoms with Gasteiger partial charge < -0.3 is 5.32 Å². The Kier molecular flexibility index (Phi) is 6.16. The SMILES string of the molecule is C[C@H](N[C@H](C)C(=O)NC(=O)NCC(F)(F)F)c1cccs1. The lowest BCUT2D eigenvalue weighted by Crippen LogP contribution is -2.49. The molecule has 0 aliphatic carbocycles. The maximum absolute atomic E-state index is 11.9. The zero-order valence-electron chi connectivity index (χ0n) is 11.5. The number of nitrogens with one attached hydrogen (secondary N) is 3. The van der Waals surface area contributed by atoms with Gasteiger partial charge in [0.25, 0.3) is 0 Å². The molecule has 0 saturated heterocycles. The molecule has 0 saturated carbocycles. The third-order valence-corrected chi connectivity index (χ3v) is 3.60. The van der Waals surface area contributed by atoms with Crippen LogP contribution in [-0.2, 0) is 4.79 Å². The second-order valence-electron chi connectivity index (χ2n) is 4.41. The van der Waals surface area contributed by atoms with Crippen LogP contribution in [0.15, 0.2) is 17.5 Å². The van der Waals surface area contributed by atoms with Gasteiger partial charge in [-0.2, -0.15) is 13.2 Å². The molecule has 1 rings (SSSR count). The van der Waals surface area contributed by atoms with Crippen molar-refractivity contribution in [1.29, 1.82) is 0 Å². The zero-order valence-corrected chi connectivity index (χ0v) is 12.3. The zero-order chi connectivity index (χ0) is 16.0. The smallest absolute Gasteiger partial charge is 0.329 e. The third kappa shape index (κ3) is 6.58. The molecule has 0 aliphatic rings. The van der Waals surface area contributed by atoms with E-state index in [-0.39, 0.29) is 6.04 Å². The summed E-state index contributed by atoms with van der Waals surface area (Å²) in [6, 6.07) is 1.76. The lowest BCUT2D eigenvalue weighted by Gasteiger charge is -2.18. The maximum Gasteiger partial charge on any atom is 0.405 e. The van der Waals surface area contributed by atoms with Crippen molar-refractivity contribution >= 4 is 23.3 Å². The number of hydrogen-bond donors (Lipinski definition) is 3. The summed E-state index contributed by atoms with van der Waals surface area (Å²) in [4.78, 5) is 23.8. The Morgan fingerprint density at radius 2 is 2.00 bits per heavy atom. The van der Waals surface area contributed by atoms with Gasteiger partial charge in [0, 0.05) is 10.9 Å². The van der Waals surface area contributed by atoms with Gasteiger partial charge in [-0.25, -0.2) is 4.79 Å².